The average Bonchev–Trinajstić information content (AvgIpc) is 2.93. The lowest BCUT2D eigenvalue weighted by Gasteiger charge is -2.38. The summed E-state index contributed by atoms with van der Waals surface area (Å²) in [5.41, 5.74) is 1.75. The van der Waals surface area contributed by atoms with Crippen LogP contribution in [0.1, 0.15) is 28.1 Å². The number of rotatable bonds is 2. The van der Waals surface area contributed by atoms with Gasteiger partial charge in [-0.15, -0.1) is 11.3 Å². The Morgan fingerprint density at radius 3 is 2.91 bits per heavy atom. The number of benzene rings is 1. The second-order valence-corrected chi connectivity index (χ2v) is 6.56. The van der Waals surface area contributed by atoms with E-state index in [9.17, 15) is 4.79 Å². The van der Waals surface area contributed by atoms with Crippen LogP contribution in [-0.4, -0.2) is 29.9 Å². The number of para-hydroxylation sites is 1. The van der Waals surface area contributed by atoms with Crippen LogP contribution < -0.4 is 4.90 Å². The van der Waals surface area contributed by atoms with Crippen LogP contribution in [0.25, 0.3) is 0 Å². The Hall–Kier alpha value is -2.14. The van der Waals surface area contributed by atoms with Crippen molar-refractivity contribution in [3.63, 3.8) is 0 Å². The van der Waals surface area contributed by atoms with Crippen molar-refractivity contribution in [2.24, 2.45) is 4.99 Å². The van der Waals surface area contributed by atoms with Crippen molar-refractivity contribution in [3.8, 4) is 0 Å². The van der Waals surface area contributed by atoms with Crippen molar-refractivity contribution in [1.82, 2.24) is 4.90 Å². The lowest BCUT2D eigenvalue weighted by Crippen LogP contribution is -2.51. The van der Waals surface area contributed by atoms with Gasteiger partial charge in [-0.25, -0.2) is 0 Å². The van der Waals surface area contributed by atoms with Crippen molar-refractivity contribution >= 4 is 28.9 Å². The van der Waals surface area contributed by atoms with E-state index in [4.69, 9.17) is 4.99 Å². The quantitative estimate of drug-likeness (QED) is 0.852. The van der Waals surface area contributed by atoms with E-state index in [-0.39, 0.29) is 5.91 Å². The lowest BCUT2D eigenvalue weighted by atomic mass is 10.1. The fraction of sp³-hybridized carbons (Fsp3) is 0.294. The molecule has 0 bridgehead atoms. The van der Waals surface area contributed by atoms with E-state index in [1.807, 2.05) is 29.2 Å². The molecule has 0 saturated carbocycles. The molecule has 2 aliphatic rings. The van der Waals surface area contributed by atoms with Gasteiger partial charge < -0.3 is 4.90 Å². The van der Waals surface area contributed by atoms with E-state index >= 15 is 0 Å². The molecule has 112 valence electrons. The van der Waals surface area contributed by atoms with Gasteiger partial charge in [-0.1, -0.05) is 18.2 Å². The molecule has 3 heterocycles. The Bertz CT molecular complexity index is 723. The van der Waals surface area contributed by atoms with Crippen LogP contribution in [-0.2, 0) is 6.54 Å². The molecule has 1 aromatic carbocycles. The summed E-state index contributed by atoms with van der Waals surface area (Å²) >= 11 is 1.74. The monoisotopic (exact) mass is 311 g/mol. The van der Waals surface area contributed by atoms with Gasteiger partial charge >= 0.3 is 0 Å². The molecule has 0 N–H and O–H groups in total. The van der Waals surface area contributed by atoms with Gasteiger partial charge in [0.25, 0.3) is 5.91 Å². The molecule has 0 aliphatic carbocycles. The third-order valence-electron chi connectivity index (χ3n) is 4.09. The molecule has 2 aliphatic heterocycles. The first kappa shape index (κ1) is 13.5. The third-order valence-corrected chi connectivity index (χ3v) is 4.95. The number of hydrogen-bond acceptors (Lipinski definition) is 4. The predicted molar refractivity (Wildman–Crippen MR) is 89.5 cm³/mol. The van der Waals surface area contributed by atoms with Gasteiger partial charge in [0, 0.05) is 18.0 Å². The number of amides is 1. The van der Waals surface area contributed by atoms with Crippen LogP contribution in [0, 0.1) is 0 Å². The number of aliphatic imine (C=N–C) groups is 1. The summed E-state index contributed by atoms with van der Waals surface area (Å²) in [7, 11) is 0. The Labute approximate surface area is 133 Å². The van der Waals surface area contributed by atoms with E-state index in [1.54, 1.807) is 11.3 Å². The minimum Gasteiger partial charge on any atom is -0.306 e. The molecule has 5 heteroatoms. The first-order valence-electron chi connectivity index (χ1n) is 7.60. The molecule has 0 unspecified atom stereocenters. The summed E-state index contributed by atoms with van der Waals surface area (Å²) in [5, 5.41) is 2.09. The molecule has 4 nitrogen and oxygen atoms in total. The SMILES string of the molecule is O=C1c2ccccc2N(Cc2cccs2)C2=NCCCCN12. The van der Waals surface area contributed by atoms with Crippen LogP contribution >= 0.6 is 11.3 Å². The Kier molecular flexibility index (Phi) is 3.42. The van der Waals surface area contributed by atoms with Gasteiger partial charge in [0.05, 0.1) is 17.8 Å². The highest BCUT2D eigenvalue weighted by Crippen LogP contribution is 2.31. The number of fused-ring (bicyclic) bond motifs is 2. The summed E-state index contributed by atoms with van der Waals surface area (Å²) in [6.45, 7) is 2.31. The van der Waals surface area contributed by atoms with Gasteiger partial charge in [0.1, 0.15) is 0 Å². The maximum absolute atomic E-state index is 12.8. The number of nitrogens with zero attached hydrogens (tertiary/aromatic N) is 3. The molecule has 0 spiro atoms. The molecular formula is C17H17N3OS. The van der Waals surface area contributed by atoms with Crippen molar-refractivity contribution < 1.29 is 4.79 Å². The van der Waals surface area contributed by atoms with Crippen LogP contribution in [0.4, 0.5) is 5.69 Å². The normalized spacial score (nSPS) is 17.6. The number of hydrogen-bond donors (Lipinski definition) is 0. The summed E-state index contributed by atoms with van der Waals surface area (Å²) in [6.07, 6.45) is 2.05. The average molecular weight is 311 g/mol. The minimum atomic E-state index is 0.0821. The smallest absolute Gasteiger partial charge is 0.262 e. The fourth-order valence-electron chi connectivity index (χ4n) is 3.03. The molecule has 1 aromatic heterocycles. The van der Waals surface area contributed by atoms with Crippen molar-refractivity contribution in [1.29, 1.82) is 0 Å². The van der Waals surface area contributed by atoms with Gasteiger partial charge in [-0.2, -0.15) is 0 Å². The van der Waals surface area contributed by atoms with Gasteiger partial charge in [-0.05, 0) is 36.4 Å². The van der Waals surface area contributed by atoms with E-state index in [0.29, 0.717) is 0 Å². The van der Waals surface area contributed by atoms with Gasteiger partial charge in [-0.3, -0.25) is 14.7 Å². The standard InChI is InChI=1S/C17H17N3OS/c21-16-14-7-1-2-8-15(14)20(12-13-6-5-11-22-13)17-18-9-3-4-10-19(16)17/h1-2,5-8,11H,3-4,9-10,12H2. The summed E-state index contributed by atoms with van der Waals surface area (Å²) in [5.74, 6) is 0.897. The Balaban J connectivity index is 1.82. The highest BCUT2D eigenvalue weighted by atomic mass is 32.1. The fourth-order valence-corrected chi connectivity index (χ4v) is 3.72. The van der Waals surface area contributed by atoms with Crippen molar-refractivity contribution in [2.75, 3.05) is 18.0 Å². The molecule has 2 aromatic rings. The molecule has 0 fully saturated rings. The Morgan fingerprint density at radius 1 is 1.14 bits per heavy atom. The first-order valence-corrected chi connectivity index (χ1v) is 8.48. The third kappa shape index (κ3) is 2.22. The van der Waals surface area contributed by atoms with Gasteiger partial charge in [0.15, 0.2) is 0 Å². The summed E-state index contributed by atoms with van der Waals surface area (Å²) < 4.78 is 0. The molecule has 0 atom stereocenters. The highest BCUT2D eigenvalue weighted by molar-refractivity contribution is 7.09. The van der Waals surface area contributed by atoms with Crippen LogP contribution in [0.2, 0.25) is 0 Å². The van der Waals surface area contributed by atoms with Gasteiger partial charge in [0.2, 0.25) is 5.96 Å². The Morgan fingerprint density at radius 2 is 2.05 bits per heavy atom. The minimum absolute atomic E-state index is 0.0821. The number of anilines is 1. The van der Waals surface area contributed by atoms with Crippen LogP contribution in [0.3, 0.4) is 0 Å². The number of thiophene rings is 1. The largest absolute Gasteiger partial charge is 0.306 e. The second-order valence-electron chi connectivity index (χ2n) is 5.53. The van der Waals surface area contributed by atoms with E-state index in [2.05, 4.69) is 22.4 Å². The number of carbonyl (C=O) groups excluding carboxylic acids is 1. The summed E-state index contributed by atoms with van der Waals surface area (Å²) in [4.78, 5) is 22.8. The topological polar surface area (TPSA) is 35.9 Å². The van der Waals surface area contributed by atoms with Crippen LogP contribution in [0.5, 0.6) is 0 Å². The van der Waals surface area contributed by atoms with Crippen LogP contribution in [0.15, 0.2) is 46.8 Å². The summed E-state index contributed by atoms with van der Waals surface area (Å²) in [6, 6.07) is 12.0. The van der Waals surface area contributed by atoms with Crippen molar-refractivity contribution in [3.05, 3.63) is 52.2 Å². The molecular weight excluding hydrogens is 294 g/mol. The zero-order valence-corrected chi connectivity index (χ0v) is 13.1. The molecule has 0 saturated heterocycles. The van der Waals surface area contributed by atoms with Crippen molar-refractivity contribution in [2.45, 2.75) is 19.4 Å². The molecule has 1 amide bonds. The number of guanidine groups is 1. The number of carbonyl (C=O) groups is 1. The predicted octanol–water partition coefficient (Wildman–Crippen LogP) is 3.36. The first-order chi connectivity index (χ1) is 10.8. The molecule has 4 rings (SSSR count). The van der Waals surface area contributed by atoms with E-state index in [0.717, 1.165) is 49.7 Å². The zero-order valence-electron chi connectivity index (χ0n) is 12.2. The second kappa shape index (κ2) is 5.57. The zero-order chi connectivity index (χ0) is 14.9. The molecule has 0 radical (unpaired) electrons. The highest BCUT2D eigenvalue weighted by Gasteiger charge is 2.35. The lowest BCUT2D eigenvalue weighted by molar-refractivity contribution is 0.0840. The maximum atomic E-state index is 12.8. The molecule has 22 heavy (non-hydrogen) atoms. The maximum Gasteiger partial charge on any atom is 0.262 e. The van der Waals surface area contributed by atoms with E-state index < -0.39 is 0 Å². The van der Waals surface area contributed by atoms with E-state index in [1.165, 1.54) is 4.88 Å².